The van der Waals surface area contributed by atoms with E-state index in [2.05, 4.69) is 26.3 Å². The van der Waals surface area contributed by atoms with Gasteiger partial charge >= 0.3 is 18.0 Å². The average Bonchev–Trinajstić information content (AvgIpc) is 2.70. The van der Waals surface area contributed by atoms with Gasteiger partial charge in [-0.05, 0) is 19.1 Å². The molecule has 2 amide bonds. The van der Waals surface area contributed by atoms with Crippen LogP contribution in [0, 0.1) is 6.92 Å². The predicted octanol–water partition coefficient (Wildman–Crippen LogP) is 1.07. The molecule has 0 saturated carbocycles. The summed E-state index contributed by atoms with van der Waals surface area (Å²) >= 11 is 0. The molecule has 0 radical (unpaired) electrons. The van der Waals surface area contributed by atoms with E-state index in [1.54, 1.807) is 6.92 Å². The fraction of sp³-hybridized carbons (Fsp3) is 0.235. The fourth-order valence-corrected chi connectivity index (χ4v) is 3.39. The topological polar surface area (TPSA) is 141 Å². The van der Waals surface area contributed by atoms with Crippen molar-refractivity contribution in [2.45, 2.75) is 11.8 Å². The monoisotopic (exact) mass is 421 g/mol. The van der Waals surface area contributed by atoms with Crippen molar-refractivity contribution in [3.63, 3.8) is 0 Å². The highest BCUT2D eigenvalue weighted by atomic mass is 32.2. The van der Waals surface area contributed by atoms with E-state index in [9.17, 15) is 18.0 Å². The van der Waals surface area contributed by atoms with Gasteiger partial charge in [-0.15, -0.1) is 6.58 Å². The van der Waals surface area contributed by atoms with Crippen LogP contribution in [0.1, 0.15) is 16.2 Å². The third kappa shape index (κ3) is 5.04. The molecule has 154 valence electrons. The number of aryl methyl sites for hydroxylation is 1. The third-order valence-corrected chi connectivity index (χ3v) is 4.88. The van der Waals surface area contributed by atoms with Crippen LogP contribution < -0.4 is 14.4 Å². The summed E-state index contributed by atoms with van der Waals surface area (Å²) < 4.78 is 36.9. The molecule has 1 aromatic heterocycles. The number of benzene rings is 1. The lowest BCUT2D eigenvalue weighted by atomic mass is 10.2. The van der Waals surface area contributed by atoms with Gasteiger partial charge in [-0.3, -0.25) is 4.90 Å². The number of ether oxygens (including phenoxy) is 2. The molecule has 11 nitrogen and oxygen atoms in total. The summed E-state index contributed by atoms with van der Waals surface area (Å²) in [5.41, 5.74) is -0.219. The number of nitrogens with one attached hydrogen (secondary N) is 1. The quantitative estimate of drug-likeness (QED) is 0.513. The Bertz CT molecular complexity index is 1040. The summed E-state index contributed by atoms with van der Waals surface area (Å²) in [6, 6.07) is 4.22. The molecule has 0 saturated heterocycles. The number of sulfonamides is 1. The van der Waals surface area contributed by atoms with Crippen LogP contribution in [0.25, 0.3) is 0 Å². The van der Waals surface area contributed by atoms with Crippen molar-refractivity contribution < 1.29 is 27.5 Å². The van der Waals surface area contributed by atoms with E-state index in [1.165, 1.54) is 37.5 Å². The van der Waals surface area contributed by atoms with Gasteiger partial charge in [0.2, 0.25) is 5.95 Å². The van der Waals surface area contributed by atoms with Gasteiger partial charge in [0.05, 0.1) is 19.8 Å². The molecule has 1 aromatic carbocycles. The second-order valence-corrected chi connectivity index (χ2v) is 7.12. The number of carbonyl (C=O) groups is 2. The summed E-state index contributed by atoms with van der Waals surface area (Å²) in [7, 11) is -1.97. The van der Waals surface area contributed by atoms with Crippen LogP contribution in [0.4, 0.5) is 10.7 Å². The maximum atomic E-state index is 12.7. The molecule has 1 heterocycles. The molecule has 0 bridgehead atoms. The van der Waals surface area contributed by atoms with Gasteiger partial charge < -0.3 is 9.47 Å². The second kappa shape index (κ2) is 9.10. The molecule has 0 fully saturated rings. The lowest BCUT2D eigenvalue weighted by Crippen LogP contribution is -2.44. The molecular formula is C17H19N5O6S. The first-order valence-corrected chi connectivity index (χ1v) is 9.61. The van der Waals surface area contributed by atoms with Crippen molar-refractivity contribution in [3.8, 4) is 6.01 Å². The maximum Gasteiger partial charge on any atom is 0.339 e. The number of hydrogen-bond acceptors (Lipinski definition) is 9. The second-order valence-electron chi connectivity index (χ2n) is 5.47. The average molecular weight is 421 g/mol. The Morgan fingerprint density at radius 2 is 1.90 bits per heavy atom. The SMILES string of the molecule is C=CCN(C(=O)NS(=O)(=O)c1ccccc1C(=O)OC)c1nc(C)nc(OC)n1. The first-order chi connectivity index (χ1) is 13.7. The Morgan fingerprint density at radius 3 is 2.52 bits per heavy atom. The van der Waals surface area contributed by atoms with Crippen LogP contribution in [0.15, 0.2) is 41.8 Å². The van der Waals surface area contributed by atoms with Crippen molar-refractivity contribution >= 4 is 28.0 Å². The number of amides is 2. The minimum absolute atomic E-state index is 0.0479. The van der Waals surface area contributed by atoms with Crippen LogP contribution in [0.3, 0.4) is 0 Å². The molecule has 0 aliphatic rings. The number of rotatable bonds is 7. The van der Waals surface area contributed by atoms with E-state index in [4.69, 9.17) is 4.74 Å². The van der Waals surface area contributed by atoms with Gasteiger partial charge in [0.1, 0.15) is 10.7 Å². The molecule has 0 atom stereocenters. The van der Waals surface area contributed by atoms with Gasteiger partial charge in [0.25, 0.3) is 10.0 Å². The highest BCUT2D eigenvalue weighted by Gasteiger charge is 2.28. The van der Waals surface area contributed by atoms with E-state index < -0.39 is 26.9 Å². The Morgan fingerprint density at radius 1 is 1.21 bits per heavy atom. The van der Waals surface area contributed by atoms with E-state index in [0.29, 0.717) is 0 Å². The van der Waals surface area contributed by atoms with Crippen molar-refractivity contribution in [1.82, 2.24) is 19.7 Å². The molecule has 2 aromatic rings. The van der Waals surface area contributed by atoms with E-state index in [0.717, 1.165) is 12.0 Å². The van der Waals surface area contributed by atoms with Crippen LogP contribution in [0.5, 0.6) is 6.01 Å². The number of nitrogens with zero attached hydrogens (tertiary/aromatic N) is 4. The van der Waals surface area contributed by atoms with Crippen molar-refractivity contribution in [1.29, 1.82) is 0 Å². The van der Waals surface area contributed by atoms with Gasteiger partial charge in [0.15, 0.2) is 0 Å². The zero-order chi connectivity index (χ0) is 21.6. The standard InChI is InChI=1S/C17H19N5O6S/c1-5-10-22(15-18-11(2)19-16(20-15)28-4)17(24)21-29(25,26)13-9-7-6-8-12(13)14(23)27-3/h5-9H,1,10H2,2-4H3,(H,21,24). The fourth-order valence-electron chi connectivity index (χ4n) is 2.24. The van der Waals surface area contributed by atoms with Gasteiger partial charge in [-0.25, -0.2) is 22.7 Å². The number of aromatic nitrogens is 3. The van der Waals surface area contributed by atoms with Crippen LogP contribution >= 0.6 is 0 Å². The predicted molar refractivity (Wildman–Crippen MR) is 102 cm³/mol. The molecule has 1 N–H and O–H groups in total. The van der Waals surface area contributed by atoms with Crippen molar-refractivity contribution in [2.24, 2.45) is 0 Å². The first-order valence-electron chi connectivity index (χ1n) is 8.12. The summed E-state index contributed by atoms with van der Waals surface area (Å²) in [6.07, 6.45) is 1.36. The van der Waals surface area contributed by atoms with Crippen LogP contribution in [-0.2, 0) is 14.8 Å². The van der Waals surface area contributed by atoms with Crippen molar-refractivity contribution in [2.75, 3.05) is 25.7 Å². The largest absolute Gasteiger partial charge is 0.467 e. The zero-order valence-corrected chi connectivity index (χ0v) is 16.8. The Kier molecular flexibility index (Phi) is 6.83. The highest BCUT2D eigenvalue weighted by Crippen LogP contribution is 2.18. The zero-order valence-electron chi connectivity index (χ0n) is 15.9. The molecule has 0 spiro atoms. The summed E-state index contributed by atoms with van der Waals surface area (Å²) in [4.78, 5) is 37.0. The molecule has 12 heteroatoms. The molecular weight excluding hydrogens is 402 g/mol. The third-order valence-electron chi connectivity index (χ3n) is 3.50. The Balaban J connectivity index is 2.41. The van der Waals surface area contributed by atoms with E-state index >= 15 is 0 Å². The minimum atomic E-state index is -4.42. The van der Waals surface area contributed by atoms with Crippen LogP contribution in [0.2, 0.25) is 0 Å². The summed E-state index contributed by atoms with van der Waals surface area (Å²) in [5.74, 6) is -0.741. The van der Waals surface area contributed by atoms with Gasteiger partial charge in [-0.2, -0.15) is 15.0 Å². The molecule has 0 unspecified atom stereocenters. The summed E-state index contributed by atoms with van der Waals surface area (Å²) in [6.45, 7) is 4.99. The molecule has 29 heavy (non-hydrogen) atoms. The van der Waals surface area contributed by atoms with Crippen molar-refractivity contribution in [3.05, 3.63) is 48.3 Å². The van der Waals surface area contributed by atoms with Crippen LogP contribution in [-0.4, -0.2) is 56.1 Å². The Labute approximate surface area is 167 Å². The number of hydrogen-bond donors (Lipinski definition) is 1. The normalized spacial score (nSPS) is 10.7. The smallest absolute Gasteiger partial charge is 0.339 e. The lowest BCUT2D eigenvalue weighted by Gasteiger charge is -2.20. The minimum Gasteiger partial charge on any atom is -0.467 e. The molecule has 2 rings (SSSR count). The number of esters is 1. The Hall–Kier alpha value is -3.54. The molecule has 0 aliphatic heterocycles. The number of methoxy groups -OCH3 is 2. The number of carbonyl (C=O) groups excluding carboxylic acids is 2. The summed E-state index contributed by atoms with van der Waals surface area (Å²) in [5, 5.41) is 0. The maximum absolute atomic E-state index is 12.7. The number of urea groups is 1. The van der Waals surface area contributed by atoms with Gasteiger partial charge in [-0.1, -0.05) is 18.2 Å². The molecule has 0 aliphatic carbocycles. The highest BCUT2D eigenvalue weighted by molar-refractivity contribution is 7.90. The van der Waals surface area contributed by atoms with Gasteiger partial charge in [0, 0.05) is 6.54 Å². The lowest BCUT2D eigenvalue weighted by molar-refractivity contribution is 0.0596. The van der Waals surface area contributed by atoms with E-state index in [-0.39, 0.29) is 29.9 Å². The number of anilines is 1. The van der Waals surface area contributed by atoms with E-state index in [1.807, 2.05) is 4.72 Å². The first kappa shape index (κ1) is 21.8.